The molecule has 0 spiro atoms. The molecule has 0 saturated carbocycles. The van der Waals surface area contributed by atoms with Gasteiger partial charge in [-0.25, -0.2) is 9.37 Å². The van der Waals surface area contributed by atoms with Gasteiger partial charge in [-0.15, -0.1) is 12.6 Å². The molecule has 0 aliphatic heterocycles. The number of aromatic nitrogens is 4. The van der Waals surface area contributed by atoms with Crippen molar-refractivity contribution in [1.29, 1.82) is 0 Å². The van der Waals surface area contributed by atoms with Crippen LogP contribution in [0.3, 0.4) is 0 Å². The van der Waals surface area contributed by atoms with E-state index >= 15 is 0 Å². The highest BCUT2D eigenvalue weighted by Crippen LogP contribution is 2.32. The maximum absolute atomic E-state index is 14.8. The Labute approximate surface area is 178 Å². The lowest BCUT2D eigenvalue weighted by Crippen LogP contribution is -2.21. The lowest BCUT2D eigenvalue weighted by atomic mass is 10.2. The van der Waals surface area contributed by atoms with E-state index in [2.05, 4.69) is 38.1 Å². The zero-order valence-electron chi connectivity index (χ0n) is 16.4. The molecule has 0 bridgehead atoms. The van der Waals surface area contributed by atoms with Gasteiger partial charge in [-0.3, -0.25) is 5.10 Å². The topological polar surface area (TPSA) is 95.8 Å². The molecule has 4 aromatic rings. The van der Waals surface area contributed by atoms with Crippen molar-refractivity contribution in [2.24, 2.45) is 5.73 Å². The Kier molecular flexibility index (Phi) is 5.82. The quantitative estimate of drug-likeness (QED) is 0.326. The lowest BCUT2D eigenvalue weighted by Gasteiger charge is -2.24. The van der Waals surface area contributed by atoms with Crippen LogP contribution in [0.4, 0.5) is 27.5 Å². The number of aromatic amines is 1. The van der Waals surface area contributed by atoms with Crippen LogP contribution < -0.4 is 16.0 Å². The van der Waals surface area contributed by atoms with Gasteiger partial charge in [-0.1, -0.05) is 19.1 Å². The monoisotopic (exact) mass is 423 g/mol. The molecule has 0 atom stereocenters. The van der Waals surface area contributed by atoms with Crippen molar-refractivity contribution < 1.29 is 4.39 Å². The molecule has 2 aromatic heterocycles. The van der Waals surface area contributed by atoms with Crippen molar-refractivity contribution in [3.05, 3.63) is 60.2 Å². The van der Waals surface area contributed by atoms with E-state index in [1.165, 1.54) is 6.20 Å². The summed E-state index contributed by atoms with van der Waals surface area (Å²) < 4.78 is 14.8. The molecule has 0 amide bonds. The van der Waals surface area contributed by atoms with Gasteiger partial charge >= 0.3 is 0 Å². The van der Waals surface area contributed by atoms with Crippen LogP contribution in [0.2, 0.25) is 0 Å². The Hall–Kier alpha value is -3.17. The van der Waals surface area contributed by atoms with E-state index in [-0.39, 0.29) is 5.82 Å². The van der Waals surface area contributed by atoms with Crippen LogP contribution in [0.15, 0.2) is 53.7 Å². The first-order chi connectivity index (χ1) is 14.6. The van der Waals surface area contributed by atoms with Gasteiger partial charge in [0.1, 0.15) is 0 Å². The van der Waals surface area contributed by atoms with Gasteiger partial charge in [-0.2, -0.15) is 10.1 Å². The third kappa shape index (κ3) is 3.94. The Balaban J connectivity index is 1.72. The van der Waals surface area contributed by atoms with Gasteiger partial charge < -0.3 is 16.0 Å². The summed E-state index contributed by atoms with van der Waals surface area (Å²) in [5, 5.41) is 11.1. The SMILES string of the molecule is CCCN(c1nc(Nc2ccc(CN)c(S)c2)ncc1F)c1cccc2[nH]ncc12. The lowest BCUT2D eigenvalue weighted by molar-refractivity contribution is 0.610. The largest absolute Gasteiger partial charge is 0.326 e. The van der Waals surface area contributed by atoms with E-state index in [1.807, 2.05) is 48.2 Å². The molecule has 0 fully saturated rings. The summed E-state index contributed by atoms with van der Waals surface area (Å²) in [6, 6.07) is 11.4. The first-order valence-corrected chi connectivity index (χ1v) is 10.1. The third-order valence-corrected chi connectivity index (χ3v) is 5.16. The molecule has 4 rings (SSSR count). The Morgan fingerprint density at radius 3 is 2.87 bits per heavy atom. The summed E-state index contributed by atoms with van der Waals surface area (Å²) in [5.41, 5.74) is 9.08. The van der Waals surface area contributed by atoms with Crippen molar-refractivity contribution in [3.8, 4) is 0 Å². The zero-order valence-corrected chi connectivity index (χ0v) is 17.3. The molecule has 2 heterocycles. The average Bonchev–Trinajstić information content (AvgIpc) is 3.23. The van der Waals surface area contributed by atoms with Crippen LogP contribution >= 0.6 is 12.6 Å². The summed E-state index contributed by atoms with van der Waals surface area (Å²) in [6.07, 6.45) is 3.72. The second-order valence-corrected chi connectivity index (χ2v) is 7.28. The number of nitrogens with one attached hydrogen (secondary N) is 2. The molecule has 0 unspecified atom stereocenters. The van der Waals surface area contributed by atoms with Gasteiger partial charge in [-0.05, 0) is 36.2 Å². The average molecular weight is 424 g/mol. The van der Waals surface area contributed by atoms with Crippen molar-refractivity contribution >= 4 is 46.7 Å². The second kappa shape index (κ2) is 8.68. The van der Waals surface area contributed by atoms with E-state index in [0.29, 0.717) is 19.0 Å². The van der Waals surface area contributed by atoms with Crippen LogP contribution in [0.5, 0.6) is 0 Å². The number of thiol groups is 1. The highest BCUT2D eigenvalue weighted by Gasteiger charge is 2.19. The highest BCUT2D eigenvalue weighted by atomic mass is 32.1. The van der Waals surface area contributed by atoms with Crippen LogP contribution in [-0.2, 0) is 6.54 Å². The molecule has 7 nitrogen and oxygen atoms in total. The summed E-state index contributed by atoms with van der Waals surface area (Å²) in [7, 11) is 0. The Morgan fingerprint density at radius 1 is 1.23 bits per heavy atom. The van der Waals surface area contributed by atoms with Crippen LogP contribution in [0.25, 0.3) is 10.9 Å². The number of halogens is 1. The maximum Gasteiger partial charge on any atom is 0.229 e. The standard InChI is InChI=1S/C21H22FN7S/c1-2-8-29(18-5-3-4-17-15(18)11-25-28-17)20-16(22)12-24-21(27-20)26-14-7-6-13(10-23)19(30)9-14/h3-7,9,11-12,30H,2,8,10,23H2,1H3,(H,25,28)(H,24,26,27). The fourth-order valence-electron chi connectivity index (χ4n) is 3.30. The minimum absolute atomic E-state index is 0.202. The van der Waals surface area contributed by atoms with E-state index in [1.54, 1.807) is 6.20 Å². The number of H-pyrrole nitrogens is 1. The predicted molar refractivity (Wildman–Crippen MR) is 120 cm³/mol. The predicted octanol–water partition coefficient (Wildman–Crippen LogP) is 4.53. The number of hydrogen-bond acceptors (Lipinski definition) is 7. The number of fused-ring (bicyclic) bond motifs is 1. The molecule has 0 aliphatic carbocycles. The molecule has 30 heavy (non-hydrogen) atoms. The van der Waals surface area contributed by atoms with Gasteiger partial charge in [0.15, 0.2) is 11.6 Å². The van der Waals surface area contributed by atoms with Crippen molar-refractivity contribution in [2.75, 3.05) is 16.8 Å². The minimum Gasteiger partial charge on any atom is -0.326 e. The fraction of sp³-hybridized carbons (Fsp3) is 0.190. The fourth-order valence-corrected chi connectivity index (χ4v) is 3.61. The van der Waals surface area contributed by atoms with E-state index in [0.717, 1.165) is 39.2 Å². The molecule has 154 valence electrons. The van der Waals surface area contributed by atoms with Crippen molar-refractivity contribution in [3.63, 3.8) is 0 Å². The minimum atomic E-state index is -0.497. The first kappa shape index (κ1) is 20.1. The summed E-state index contributed by atoms with van der Waals surface area (Å²) in [4.78, 5) is 11.2. The van der Waals surface area contributed by atoms with Crippen LogP contribution in [-0.4, -0.2) is 26.7 Å². The normalized spacial score (nSPS) is 11.1. The molecule has 0 aliphatic rings. The number of nitrogens with zero attached hydrogens (tertiary/aromatic N) is 4. The molecule has 9 heteroatoms. The Morgan fingerprint density at radius 2 is 2.10 bits per heavy atom. The molecular weight excluding hydrogens is 401 g/mol. The number of hydrogen-bond donors (Lipinski definition) is 4. The van der Waals surface area contributed by atoms with Gasteiger partial charge in [0.05, 0.1) is 23.6 Å². The summed E-state index contributed by atoms with van der Waals surface area (Å²) >= 11 is 4.45. The van der Waals surface area contributed by atoms with Crippen molar-refractivity contribution in [1.82, 2.24) is 20.2 Å². The second-order valence-electron chi connectivity index (χ2n) is 6.80. The van der Waals surface area contributed by atoms with Crippen LogP contribution in [0.1, 0.15) is 18.9 Å². The third-order valence-electron chi connectivity index (χ3n) is 4.74. The molecule has 0 saturated heterocycles. The van der Waals surface area contributed by atoms with E-state index < -0.39 is 5.82 Å². The van der Waals surface area contributed by atoms with Gasteiger partial charge in [0, 0.05) is 29.1 Å². The van der Waals surface area contributed by atoms with Crippen molar-refractivity contribution in [2.45, 2.75) is 24.8 Å². The smallest absolute Gasteiger partial charge is 0.229 e. The van der Waals surface area contributed by atoms with E-state index in [4.69, 9.17) is 5.73 Å². The number of benzene rings is 2. The summed E-state index contributed by atoms with van der Waals surface area (Å²) in [5.74, 6) is -0.00399. The maximum atomic E-state index is 14.8. The molecule has 2 aromatic carbocycles. The number of rotatable bonds is 7. The molecule has 0 radical (unpaired) electrons. The first-order valence-electron chi connectivity index (χ1n) is 9.62. The van der Waals surface area contributed by atoms with Gasteiger partial charge in [0.25, 0.3) is 0 Å². The molecular formula is C21H22FN7S. The zero-order chi connectivity index (χ0) is 21.1. The van der Waals surface area contributed by atoms with E-state index in [9.17, 15) is 4.39 Å². The number of anilines is 4. The number of nitrogens with two attached hydrogens (primary N) is 1. The molecule has 4 N–H and O–H groups in total. The van der Waals surface area contributed by atoms with Crippen LogP contribution in [0, 0.1) is 5.82 Å². The highest BCUT2D eigenvalue weighted by molar-refractivity contribution is 7.80. The Bertz CT molecular complexity index is 1180. The summed E-state index contributed by atoms with van der Waals surface area (Å²) in [6.45, 7) is 3.03. The van der Waals surface area contributed by atoms with Gasteiger partial charge in [0.2, 0.25) is 5.95 Å².